The second-order valence-electron chi connectivity index (χ2n) is 10.8. The molecule has 4 aliphatic rings. The van der Waals surface area contributed by atoms with E-state index in [1.54, 1.807) is 19.1 Å². The van der Waals surface area contributed by atoms with Gasteiger partial charge in [0.05, 0.1) is 18.9 Å². The first-order chi connectivity index (χ1) is 16.5. The third-order valence-corrected chi connectivity index (χ3v) is 7.78. The van der Waals surface area contributed by atoms with Crippen molar-refractivity contribution in [1.82, 2.24) is 4.90 Å². The number of fused-ring (bicyclic) bond motifs is 3. The van der Waals surface area contributed by atoms with Crippen LogP contribution in [0.15, 0.2) is 52.6 Å². The molecule has 0 bridgehead atoms. The van der Waals surface area contributed by atoms with Crippen molar-refractivity contribution in [2.24, 2.45) is 17.8 Å². The monoisotopic (exact) mass is 475 g/mol. The number of rotatable bonds is 2. The molecule has 1 aromatic carbocycles. The molecule has 1 N–H and O–H groups in total. The highest BCUT2D eigenvalue weighted by atomic mass is 16.5. The van der Waals surface area contributed by atoms with Gasteiger partial charge in [-0.2, -0.15) is 0 Å². The van der Waals surface area contributed by atoms with Crippen molar-refractivity contribution in [3.05, 3.63) is 58.2 Å². The van der Waals surface area contributed by atoms with Gasteiger partial charge in [-0.15, -0.1) is 0 Å². The Kier molecular flexibility index (Phi) is 5.16. The zero-order chi connectivity index (χ0) is 25.4. The lowest BCUT2D eigenvalue weighted by molar-refractivity contribution is -0.145. The molecule has 182 valence electrons. The average molecular weight is 476 g/mol. The molecule has 1 heterocycles. The van der Waals surface area contributed by atoms with Gasteiger partial charge in [-0.3, -0.25) is 24.1 Å². The number of methoxy groups -OCH3 is 1. The zero-order valence-corrected chi connectivity index (χ0v) is 20.5. The van der Waals surface area contributed by atoms with Crippen LogP contribution in [0.3, 0.4) is 0 Å². The van der Waals surface area contributed by atoms with Crippen LogP contribution in [-0.2, 0) is 19.2 Å². The summed E-state index contributed by atoms with van der Waals surface area (Å²) in [6.07, 6.45) is 3.85. The van der Waals surface area contributed by atoms with Gasteiger partial charge in [0, 0.05) is 33.7 Å². The molecule has 1 fully saturated rings. The van der Waals surface area contributed by atoms with Gasteiger partial charge in [0.1, 0.15) is 11.5 Å². The number of carbonyl (C=O) groups is 4. The molecule has 7 heteroatoms. The number of Topliss-reactive ketones (excluding diaryl/α,β-unsaturated/α-hetero) is 1. The lowest BCUT2D eigenvalue weighted by Gasteiger charge is -2.42. The first-order valence-electron chi connectivity index (χ1n) is 11.9. The van der Waals surface area contributed by atoms with E-state index in [4.69, 9.17) is 4.74 Å². The molecule has 4 atom stereocenters. The summed E-state index contributed by atoms with van der Waals surface area (Å²) in [5.41, 5.74) is 1.56. The Balaban J connectivity index is 1.73. The highest BCUT2D eigenvalue weighted by molar-refractivity contribution is 6.23. The number of benzene rings is 1. The Hall–Kier alpha value is -3.48. The fourth-order valence-electron chi connectivity index (χ4n) is 6.38. The Labute approximate surface area is 204 Å². The third-order valence-electron chi connectivity index (χ3n) is 7.78. The van der Waals surface area contributed by atoms with Gasteiger partial charge in [-0.1, -0.05) is 17.7 Å². The van der Waals surface area contributed by atoms with Crippen molar-refractivity contribution in [3.8, 4) is 11.5 Å². The lowest BCUT2D eigenvalue weighted by Crippen LogP contribution is -2.46. The van der Waals surface area contributed by atoms with Crippen LogP contribution in [0, 0.1) is 17.8 Å². The van der Waals surface area contributed by atoms with Crippen LogP contribution in [0.25, 0.3) is 0 Å². The summed E-state index contributed by atoms with van der Waals surface area (Å²) in [5, 5.41) is 10.9. The van der Waals surface area contributed by atoms with Crippen molar-refractivity contribution in [1.29, 1.82) is 0 Å². The summed E-state index contributed by atoms with van der Waals surface area (Å²) >= 11 is 0. The molecular formula is C28H29NO6. The van der Waals surface area contributed by atoms with Gasteiger partial charge in [0.2, 0.25) is 11.8 Å². The lowest BCUT2D eigenvalue weighted by atomic mass is 9.59. The van der Waals surface area contributed by atoms with Crippen molar-refractivity contribution < 1.29 is 29.0 Å². The fraction of sp³-hybridized carbons (Fsp3) is 0.429. The quantitative estimate of drug-likeness (QED) is 0.398. The number of ether oxygens (including phenoxy) is 1. The number of nitrogens with zero attached hydrogens (tertiary/aromatic N) is 1. The molecule has 0 aromatic heterocycles. The number of amides is 2. The standard InChI is InChI=1S/C28H29NO6/c1-13-11-19(31)22-17(25(13)32)12-16-14(23(22)24-18(30)7-6-8-20(24)35-5)9-10-15-21(16)27(34)29(26(15)33)28(2,3)4/h6-9,11,15-16,21,23,30H,10,12H2,1-5H3. The van der Waals surface area contributed by atoms with Crippen molar-refractivity contribution in [2.75, 3.05) is 7.11 Å². The van der Waals surface area contributed by atoms with Crippen molar-refractivity contribution in [2.45, 2.75) is 52.0 Å². The second-order valence-corrected chi connectivity index (χ2v) is 10.8. The summed E-state index contributed by atoms with van der Waals surface area (Å²) < 4.78 is 5.56. The van der Waals surface area contributed by atoms with Gasteiger partial charge in [-0.25, -0.2) is 0 Å². The van der Waals surface area contributed by atoms with Crippen molar-refractivity contribution in [3.63, 3.8) is 0 Å². The maximum Gasteiger partial charge on any atom is 0.234 e. The summed E-state index contributed by atoms with van der Waals surface area (Å²) in [4.78, 5) is 55.0. The van der Waals surface area contributed by atoms with Crippen LogP contribution >= 0.6 is 0 Å². The van der Waals surface area contributed by atoms with E-state index in [1.165, 1.54) is 24.2 Å². The Morgan fingerprint density at radius 1 is 1.06 bits per heavy atom. The van der Waals surface area contributed by atoms with Crippen LogP contribution < -0.4 is 4.74 Å². The van der Waals surface area contributed by atoms with Crippen LogP contribution in [0.5, 0.6) is 11.5 Å². The van der Waals surface area contributed by atoms with Gasteiger partial charge < -0.3 is 9.84 Å². The molecule has 3 aliphatic carbocycles. The minimum atomic E-state index is -0.742. The Morgan fingerprint density at radius 3 is 2.43 bits per heavy atom. The van der Waals surface area contributed by atoms with Crippen molar-refractivity contribution >= 4 is 23.4 Å². The van der Waals surface area contributed by atoms with E-state index in [2.05, 4.69) is 0 Å². The van der Waals surface area contributed by atoms with Gasteiger partial charge >= 0.3 is 0 Å². The normalized spacial score (nSPS) is 28.4. The molecule has 0 saturated carbocycles. The molecule has 7 nitrogen and oxygen atoms in total. The van der Waals surface area contributed by atoms with Gasteiger partial charge in [0.15, 0.2) is 11.6 Å². The van der Waals surface area contributed by atoms with E-state index in [0.29, 0.717) is 34.5 Å². The number of carbonyl (C=O) groups excluding carboxylic acids is 4. The predicted molar refractivity (Wildman–Crippen MR) is 128 cm³/mol. The predicted octanol–water partition coefficient (Wildman–Crippen LogP) is 3.63. The van der Waals surface area contributed by atoms with Crippen LogP contribution in [0.1, 0.15) is 52.0 Å². The number of allylic oxidation sites excluding steroid dienone is 6. The molecule has 1 aliphatic heterocycles. The van der Waals surface area contributed by atoms with E-state index in [9.17, 15) is 24.3 Å². The molecule has 35 heavy (non-hydrogen) atoms. The summed E-state index contributed by atoms with van der Waals surface area (Å²) in [6, 6.07) is 4.87. The van der Waals surface area contributed by atoms with E-state index in [1.807, 2.05) is 26.8 Å². The number of imide groups is 1. The molecule has 0 radical (unpaired) electrons. The SMILES string of the molecule is COc1cccc(O)c1C1C2=CCC3C(=O)N(C(C)(C)C)C(=O)C3C2CC2=C1C(=O)C=C(C)C2=O. The molecule has 4 unspecified atom stereocenters. The molecule has 1 saturated heterocycles. The number of hydrogen-bond donors (Lipinski definition) is 1. The van der Waals surface area contributed by atoms with E-state index >= 15 is 0 Å². The number of phenols is 1. The fourth-order valence-corrected chi connectivity index (χ4v) is 6.38. The molecular weight excluding hydrogens is 446 g/mol. The Bertz CT molecular complexity index is 1290. The largest absolute Gasteiger partial charge is 0.507 e. The van der Waals surface area contributed by atoms with Gasteiger partial charge in [0.25, 0.3) is 0 Å². The summed E-state index contributed by atoms with van der Waals surface area (Å²) in [7, 11) is 1.48. The summed E-state index contributed by atoms with van der Waals surface area (Å²) in [5.74, 6) is -2.91. The van der Waals surface area contributed by atoms with E-state index in [-0.39, 0.29) is 35.6 Å². The molecule has 0 spiro atoms. The topological polar surface area (TPSA) is 101 Å². The maximum atomic E-state index is 13.7. The van der Waals surface area contributed by atoms with E-state index < -0.39 is 29.2 Å². The highest BCUT2D eigenvalue weighted by Crippen LogP contribution is 2.57. The minimum absolute atomic E-state index is 0.0541. The number of aromatic hydroxyl groups is 1. The van der Waals surface area contributed by atoms with E-state index in [0.717, 1.165) is 5.57 Å². The van der Waals surface area contributed by atoms with Crippen LogP contribution in [0.2, 0.25) is 0 Å². The molecule has 2 amide bonds. The highest BCUT2D eigenvalue weighted by Gasteiger charge is 2.58. The van der Waals surface area contributed by atoms with Gasteiger partial charge in [-0.05, 0) is 64.7 Å². The average Bonchev–Trinajstić information content (AvgIpc) is 3.06. The number of likely N-dealkylation sites (tertiary alicyclic amines) is 1. The number of hydrogen-bond acceptors (Lipinski definition) is 6. The number of phenolic OH excluding ortho intramolecular Hbond substituents is 1. The minimum Gasteiger partial charge on any atom is -0.507 e. The molecule has 5 rings (SSSR count). The second kappa shape index (κ2) is 7.77. The first-order valence-corrected chi connectivity index (χ1v) is 11.9. The van der Waals surface area contributed by atoms with Crippen LogP contribution in [-0.4, -0.2) is 46.0 Å². The Morgan fingerprint density at radius 2 is 1.77 bits per heavy atom. The number of ketones is 2. The first kappa shape index (κ1) is 23.3. The molecule has 1 aromatic rings. The maximum absolute atomic E-state index is 13.7. The smallest absolute Gasteiger partial charge is 0.234 e. The zero-order valence-electron chi connectivity index (χ0n) is 20.5. The van der Waals surface area contributed by atoms with Crippen LogP contribution in [0.4, 0.5) is 0 Å². The summed E-state index contributed by atoms with van der Waals surface area (Å²) in [6.45, 7) is 7.12. The third kappa shape index (κ3) is 3.24.